The number of carbonyl (C=O) groups excluding carboxylic acids is 1. The van der Waals surface area contributed by atoms with Crippen LogP contribution in [0.5, 0.6) is 0 Å². The van der Waals surface area contributed by atoms with Crippen molar-refractivity contribution in [3.8, 4) is 0 Å². The molecular formula is C13H19BN2O. The van der Waals surface area contributed by atoms with Gasteiger partial charge < -0.3 is 4.90 Å². The summed E-state index contributed by atoms with van der Waals surface area (Å²) in [7, 11) is 0.835. The van der Waals surface area contributed by atoms with Crippen molar-refractivity contribution >= 4 is 19.3 Å². The van der Waals surface area contributed by atoms with Gasteiger partial charge in [0, 0.05) is 23.8 Å². The number of aliphatic imine (C=N–C) groups is 1. The number of hydrogen-bond donors (Lipinski definition) is 0. The highest BCUT2D eigenvalue weighted by molar-refractivity contribution is 6.79. The molecule has 0 bridgehead atoms. The van der Waals surface area contributed by atoms with Gasteiger partial charge in [-0.3, -0.25) is 9.79 Å². The molecular weight excluding hydrogens is 211 g/mol. The smallest absolute Gasteiger partial charge is 0.209 e. The Kier molecular flexibility index (Phi) is 3.23. The van der Waals surface area contributed by atoms with Crippen molar-refractivity contribution in [3.63, 3.8) is 0 Å². The molecule has 0 N–H and O–H groups in total. The van der Waals surface area contributed by atoms with Gasteiger partial charge in [0.05, 0.1) is 0 Å². The number of nitrogens with zero attached hydrogens (tertiary/aromatic N) is 2. The Morgan fingerprint density at radius 3 is 2.94 bits per heavy atom. The molecule has 2 rings (SSSR count). The van der Waals surface area contributed by atoms with Crippen LogP contribution in [0.15, 0.2) is 29.9 Å². The first-order valence-electron chi connectivity index (χ1n) is 6.17. The summed E-state index contributed by atoms with van der Waals surface area (Å²) in [5.74, 6) is 0.311. The van der Waals surface area contributed by atoms with Gasteiger partial charge in [-0.25, -0.2) is 0 Å². The van der Waals surface area contributed by atoms with Gasteiger partial charge in [0.25, 0.3) is 0 Å². The van der Waals surface area contributed by atoms with Crippen LogP contribution in [0.4, 0.5) is 0 Å². The summed E-state index contributed by atoms with van der Waals surface area (Å²) in [5.41, 5.74) is 1.38. The van der Waals surface area contributed by atoms with Gasteiger partial charge >= 0.3 is 0 Å². The molecule has 0 aromatic heterocycles. The molecule has 1 saturated carbocycles. The minimum atomic E-state index is 0.311. The molecule has 0 spiro atoms. The first kappa shape index (κ1) is 12.2. The van der Waals surface area contributed by atoms with Gasteiger partial charge in [-0.2, -0.15) is 0 Å². The van der Waals surface area contributed by atoms with Crippen LogP contribution >= 0.6 is 0 Å². The zero-order valence-corrected chi connectivity index (χ0v) is 10.6. The summed E-state index contributed by atoms with van der Waals surface area (Å²) in [6, 6.07) is 0.473. The summed E-state index contributed by atoms with van der Waals surface area (Å²) in [5, 5.41) is 0. The lowest BCUT2D eigenvalue weighted by molar-refractivity contribution is -0.118. The number of amides is 1. The Morgan fingerprint density at radius 1 is 1.59 bits per heavy atom. The van der Waals surface area contributed by atoms with E-state index in [1.165, 1.54) is 6.42 Å². The maximum absolute atomic E-state index is 11.1. The van der Waals surface area contributed by atoms with Crippen molar-refractivity contribution in [2.24, 2.45) is 10.4 Å². The molecule has 2 fully saturated rings. The Labute approximate surface area is 104 Å². The van der Waals surface area contributed by atoms with Gasteiger partial charge in [-0.1, -0.05) is 25.7 Å². The summed E-state index contributed by atoms with van der Waals surface area (Å²) < 4.78 is 0. The molecule has 1 amide bonds. The molecule has 0 radical (unpaired) electrons. The van der Waals surface area contributed by atoms with Crippen molar-refractivity contribution in [2.45, 2.75) is 38.7 Å². The highest BCUT2D eigenvalue weighted by Gasteiger charge is 2.61. The van der Waals surface area contributed by atoms with Crippen LogP contribution in [-0.4, -0.2) is 36.2 Å². The molecule has 2 aliphatic rings. The van der Waals surface area contributed by atoms with Gasteiger partial charge in [0.2, 0.25) is 13.7 Å². The van der Waals surface area contributed by atoms with E-state index >= 15 is 0 Å². The van der Waals surface area contributed by atoms with Crippen molar-refractivity contribution in [1.82, 2.24) is 4.90 Å². The second kappa shape index (κ2) is 4.51. The summed E-state index contributed by atoms with van der Waals surface area (Å²) in [6.07, 6.45) is 8.82. The number of likely N-dealkylation sites (tertiary alicyclic amines) is 1. The van der Waals surface area contributed by atoms with E-state index in [9.17, 15) is 4.79 Å². The molecule has 3 nitrogen and oxygen atoms in total. The molecule has 0 unspecified atom stereocenters. The molecule has 1 heterocycles. The summed E-state index contributed by atoms with van der Waals surface area (Å²) >= 11 is 0. The number of piperidine rings is 1. The third-order valence-corrected chi connectivity index (χ3v) is 3.97. The van der Waals surface area contributed by atoms with Crippen LogP contribution < -0.4 is 0 Å². The van der Waals surface area contributed by atoms with Crippen LogP contribution in [-0.2, 0) is 4.79 Å². The SMILES string of the molecule is C=C/N=C(B[C@@H]1C[C@@]2(C)C[C@H]2N1C=O)\C=C/C. The number of allylic oxidation sites excluding steroid dienone is 2. The number of hydrogen-bond acceptors (Lipinski definition) is 2. The van der Waals surface area contributed by atoms with Crippen molar-refractivity contribution in [1.29, 1.82) is 0 Å². The average Bonchev–Trinajstić information content (AvgIpc) is 2.84. The van der Waals surface area contributed by atoms with Gasteiger partial charge in [-0.05, 0) is 25.2 Å². The fraction of sp³-hybridized carbons (Fsp3) is 0.538. The molecule has 3 atom stereocenters. The standard InChI is InChI=1S/C13H19BN2O/c1-4-6-11(15-5-2)14-12-8-13(3)7-10(13)16(12)9-17/h4-6,9-10,12,14H,2,7-8H2,1,3H3/b6-4-,15-11+/t10-,12+,13-/m1/s1. The fourth-order valence-electron chi connectivity index (χ4n) is 3.02. The largest absolute Gasteiger partial charge is 0.346 e. The van der Waals surface area contributed by atoms with Crippen molar-refractivity contribution < 1.29 is 4.79 Å². The van der Waals surface area contributed by atoms with Crippen molar-refractivity contribution in [2.75, 3.05) is 0 Å². The first-order chi connectivity index (χ1) is 8.14. The maximum atomic E-state index is 11.1. The molecule has 90 valence electrons. The topological polar surface area (TPSA) is 32.7 Å². The Bertz CT molecular complexity index is 391. The second-order valence-electron chi connectivity index (χ2n) is 5.29. The van der Waals surface area contributed by atoms with Crippen LogP contribution in [0.1, 0.15) is 26.7 Å². The average molecular weight is 230 g/mol. The molecule has 0 aromatic carbocycles. The van der Waals surface area contributed by atoms with Gasteiger partial charge in [0.15, 0.2) is 0 Å². The third-order valence-electron chi connectivity index (χ3n) is 3.97. The van der Waals surface area contributed by atoms with E-state index in [1.54, 1.807) is 6.20 Å². The van der Waals surface area contributed by atoms with E-state index in [2.05, 4.69) is 18.5 Å². The van der Waals surface area contributed by atoms with E-state index in [-0.39, 0.29) is 0 Å². The van der Waals surface area contributed by atoms with Crippen molar-refractivity contribution in [3.05, 3.63) is 24.9 Å². The Hall–Kier alpha value is -1.32. The summed E-state index contributed by atoms with van der Waals surface area (Å²) in [4.78, 5) is 17.4. The Balaban J connectivity index is 2.06. The second-order valence-corrected chi connectivity index (χ2v) is 5.29. The molecule has 4 heteroatoms. The monoisotopic (exact) mass is 230 g/mol. The van der Waals surface area contributed by atoms with Crippen LogP contribution in [0.25, 0.3) is 0 Å². The van der Waals surface area contributed by atoms with E-state index in [0.29, 0.717) is 17.4 Å². The summed E-state index contributed by atoms with van der Waals surface area (Å²) in [6.45, 7) is 7.88. The van der Waals surface area contributed by atoms with Crippen LogP contribution in [0.2, 0.25) is 0 Å². The molecule has 1 aliphatic carbocycles. The molecule has 1 saturated heterocycles. The van der Waals surface area contributed by atoms with Gasteiger partial charge in [0.1, 0.15) is 0 Å². The van der Waals surface area contributed by atoms with E-state index < -0.39 is 0 Å². The predicted molar refractivity (Wildman–Crippen MR) is 72.4 cm³/mol. The zero-order chi connectivity index (χ0) is 12.5. The van der Waals surface area contributed by atoms with E-state index in [1.807, 2.05) is 24.0 Å². The highest BCUT2D eigenvalue weighted by Crippen LogP contribution is 2.58. The Morgan fingerprint density at radius 2 is 2.35 bits per heavy atom. The first-order valence-corrected chi connectivity index (χ1v) is 6.17. The predicted octanol–water partition coefficient (Wildman–Crippen LogP) is 1.51. The quantitative estimate of drug-likeness (QED) is 0.400. The third kappa shape index (κ3) is 2.21. The lowest BCUT2D eigenvalue weighted by Gasteiger charge is -2.22. The number of carbonyl (C=O) groups is 1. The minimum absolute atomic E-state index is 0.311. The fourth-order valence-corrected chi connectivity index (χ4v) is 3.02. The van der Waals surface area contributed by atoms with E-state index in [4.69, 9.17) is 0 Å². The van der Waals surface area contributed by atoms with Crippen LogP contribution in [0.3, 0.4) is 0 Å². The van der Waals surface area contributed by atoms with Crippen LogP contribution in [0, 0.1) is 5.41 Å². The number of fused-ring (bicyclic) bond motifs is 1. The molecule has 0 aromatic rings. The maximum Gasteiger partial charge on any atom is 0.209 e. The van der Waals surface area contributed by atoms with E-state index in [0.717, 1.165) is 25.7 Å². The lowest BCUT2D eigenvalue weighted by atomic mass is 9.62. The lowest BCUT2D eigenvalue weighted by Crippen LogP contribution is -2.39. The minimum Gasteiger partial charge on any atom is -0.346 e. The highest BCUT2D eigenvalue weighted by atomic mass is 16.1. The van der Waals surface area contributed by atoms with Gasteiger partial charge in [-0.15, -0.1) is 0 Å². The number of rotatable bonds is 5. The zero-order valence-electron chi connectivity index (χ0n) is 10.6. The normalized spacial score (nSPS) is 35.9. The molecule has 1 aliphatic heterocycles. The molecule has 17 heavy (non-hydrogen) atoms.